The molecule has 1 aliphatic carbocycles. The van der Waals surface area contributed by atoms with Gasteiger partial charge in [0.15, 0.2) is 5.82 Å². The second-order valence-electron chi connectivity index (χ2n) is 6.75. The minimum Gasteiger partial charge on any atom is -0.360 e. The van der Waals surface area contributed by atoms with Crippen molar-refractivity contribution in [3.8, 4) is 0 Å². The van der Waals surface area contributed by atoms with Crippen LogP contribution in [0.1, 0.15) is 64.1 Å². The number of hydrogen-bond acceptors (Lipinski definition) is 4. The van der Waals surface area contributed by atoms with Gasteiger partial charge in [0, 0.05) is 19.0 Å². The van der Waals surface area contributed by atoms with Crippen LogP contribution < -0.4 is 5.32 Å². The van der Waals surface area contributed by atoms with Crippen molar-refractivity contribution in [3.63, 3.8) is 0 Å². The first kappa shape index (κ1) is 18.5. The van der Waals surface area contributed by atoms with E-state index in [0.29, 0.717) is 30.5 Å². The SMILES string of the molecule is CCCCCCCC(=O)N(CC(=O)Nc1cc(C)on1)CC1CC1. The summed E-state index contributed by atoms with van der Waals surface area (Å²) >= 11 is 0. The smallest absolute Gasteiger partial charge is 0.245 e. The Labute approximate surface area is 143 Å². The van der Waals surface area contributed by atoms with Crippen LogP contribution in [0, 0.1) is 12.8 Å². The third-order valence-electron chi connectivity index (χ3n) is 4.25. The van der Waals surface area contributed by atoms with Gasteiger partial charge in [-0.3, -0.25) is 9.59 Å². The van der Waals surface area contributed by atoms with E-state index in [1.807, 2.05) is 0 Å². The standard InChI is InChI=1S/C18H29N3O3/c1-3-4-5-6-7-8-18(23)21(12-15-9-10-15)13-17(22)19-16-11-14(2)24-20-16/h11,15H,3-10,12-13H2,1-2H3,(H,19,20,22). The molecule has 6 nitrogen and oxygen atoms in total. The van der Waals surface area contributed by atoms with E-state index in [1.54, 1.807) is 17.9 Å². The number of nitrogens with one attached hydrogen (secondary N) is 1. The molecule has 0 spiro atoms. The number of unbranched alkanes of at least 4 members (excludes halogenated alkanes) is 4. The van der Waals surface area contributed by atoms with Crippen LogP contribution in [0.4, 0.5) is 5.82 Å². The highest BCUT2D eigenvalue weighted by Gasteiger charge is 2.27. The minimum absolute atomic E-state index is 0.0879. The Balaban J connectivity index is 1.78. The fourth-order valence-corrected chi connectivity index (χ4v) is 2.69. The Morgan fingerprint density at radius 2 is 2.04 bits per heavy atom. The molecule has 1 fully saturated rings. The van der Waals surface area contributed by atoms with Gasteiger partial charge in [-0.05, 0) is 32.1 Å². The van der Waals surface area contributed by atoms with Gasteiger partial charge in [0.2, 0.25) is 11.8 Å². The number of aromatic nitrogens is 1. The Morgan fingerprint density at radius 3 is 2.67 bits per heavy atom. The van der Waals surface area contributed by atoms with Crippen LogP contribution in [-0.2, 0) is 9.59 Å². The lowest BCUT2D eigenvalue weighted by Crippen LogP contribution is -2.39. The summed E-state index contributed by atoms with van der Waals surface area (Å²) in [6, 6.07) is 1.67. The summed E-state index contributed by atoms with van der Waals surface area (Å²) in [4.78, 5) is 26.3. The number of rotatable bonds is 11. The molecule has 0 bridgehead atoms. The molecule has 0 unspecified atom stereocenters. The highest BCUT2D eigenvalue weighted by atomic mass is 16.5. The topological polar surface area (TPSA) is 75.4 Å². The Bertz CT molecular complexity index is 537. The van der Waals surface area contributed by atoms with E-state index in [2.05, 4.69) is 17.4 Å². The molecule has 0 radical (unpaired) electrons. The molecule has 1 saturated carbocycles. The molecule has 1 N–H and O–H groups in total. The van der Waals surface area contributed by atoms with E-state index in [9.17, 15) is 9.59 Å². The molecule has 1 aliphatic rings. The maximum atomic E-state index is 12.4. The molecule has 1 aromatic heterocycles. The van der Waals surface area contributed by atoms with E-state index in [4.69, 9.17) is 4.52 Å². The molecule has 0 aromatic carbocycles. The number of carbonyl (C=O) groups excluding carboxylic acids is 2. The van der Waals surface area contributed by atoms with Gasteiger partial charge < -0.3 is 14.7 Å². The van der Waals surface area contributed by atoms with E-state index >= 15 is 0 Å². The van der Waals surface area contributed by atoms with Gasteiger partial charge in [-0.25, -0.2) is 0 Å². The van der Waals surface area contributed by atoms with Crippen molar-refractivity contribution in [1.29, 1.82) is 0 Å². The molecule has 0 atom stereocenters. The average Bonchev–Trinajstić information content (AvgIpc) is 3.27. The first-order chi connectivity index (χ1) is 11.6. The third kappa shape index (κ3) is 6.72. The van der Waals surface area contributed by atoms with Crippen LogP contribution in [0.2, 0.25) is 0 Å². The minimum atomic E-state index is -0.219. The second-order valence-corrected chi connectivity index (χ2v) is 6.75. The zero-order chi connectivity index (χ0) is 17.4. The molecule has 1 aromatic rings. The van der Waals surface area contributed by atoms with Gasteiger partial charge in [0.25, 0.3) is 0 Å². The molecule has 0 saturated heterocycles. The third-order valence-corrected chi connectivity index (χ3v) is 4.25. The Hall–Kier alpha value is -1.85. The normalized spacial score (nSPS) is 13.8. The zero-order valence-corrected chi connectivity index (χ0v) is 14.8. The summed E-state index contributed by atoms with van der Waals surface area (Å²) < 4.78 is 4.93. The summed E-state index contributed by atoms with van der Waals surface area (Å²) in [6.07, 6.45) is 8.44. The Morgan fingerprint density at radius 1 is 1.29 bits per heavy atom. The van der Waals surface area contributed by atoms with Crippen molar-refractivity contribution in [2.75, 3.05) is 18.4 Å². The van der Waals surface area contributed by atoms with Gasteiger partial charge in [-0.1, -0.05) is 37.8 Å². The molecule has 24 heavy (non-hydrogen) atoms. The summed E-state index contributed by atoms with van der Waals surface area (Å²) in [6.45, 7) is 4.73. The highest BCUT2D eigenvalue weighted by Crippen LogP contribution is 2.30. The summed E-state index contributed by atoms with van der Waals surface area (Å²) in [5.41, 5.74) is 0. The number of aryl methyl sites for hydroxylation is 1. The number of hydrogen-bond donors (Lipinski definition) is 1. The molecule has 2 rings (SSSR count). The van der Waals surface area contributed by atoms with Crippen LogP contribution in [-0.4, -0.2) is 35.0 Å². The van der Waals surface area contributed by atoms with E-state index in [0.717, 1.165) is 25.7 Å². The van der Waals surface area contributed by atoms with Crippen LogP contribution in [0.15, 0.2) is 10.6 Å². The maximum absolute atomic E-state index is 12.4. The first-order valence-electron chi connectivity index (χ1n) is 9.09. The molecule has 6 heteroatoms. The fourth-order valence-electron chi connectivity index (χ4n) is 2.69. The quantitative estimate of drug-likeness (QED) is 0.628. The average molecular weight is 335 g/mol. The van der Waals surface area contributed by atoms with Crippen LogP contribution in [0.25, 0.3) is 0 Å². The van der Waals surface area contributed by atoms with Crippen LogP contribution >= 0.6 is 0 Å². The summed E-state index contributed by atoms with van der Waals surface area (Å²) in [5, 5.41) is 6.44. The van der Waals surface area contributed by atoms with Crippen molar-refractivity contribution in [2.24, 2.45) is 5.92 Å². The second kappa shape index (κ2) is 9.45. The van der Waals surface area contributed by atoms with Crippen molar-refractivity contribution >= 4 is 17.6 Å². The van der Waals surface area contributed by atoms with E-state index < -0.39 is 0 Å². The van der Waals surface area contributed by atoms with Gasteiger partial charge >= 0.3 is 0 Å². The summed E-state index contributed by atoms with van der Waals surface area (Å²) in [5.74, 6) is 1.48. The molecule has 1 heterocycles. The fraction of sp³-hybridized carbons (Fsp3) is 0.722. The predicted molar refractivity (Wildman–Crippen MR) is 92.5 cm³/mol. The molecular weight excluding hydrogens is 306 g/mol. The van der Waals surface area contributed by atoms with Crippen molar-refractivity contribution in [2.45, 2.75) is 65.2 Å². The Kier molecular flexibility index (Phi) is 7.28. The van der Waals surface area contributed by atoms with Crippen LogP contribution in [0.5, 0.6) is 0 Å². The molecule has 134 valence electrons. The lowest BCUT2D eigenvalue weighted by atomic mass is 10.1. The lowest BCUT2D eigenvalue weighted by molar-refractivity contribution is -0.135. The predicted octanol–water partition coefficient (Wildman–Crippen LogP) is 3.52. The molecule has 2 amide bonds. The van der Waals surface area contributed by atoms with Crippen molar-refractivity contribution in [3.05, 3.63) is 11.8 Å². The maximum Gasteiger partial charge on any atom is 0.245 e. The highest BCUT2D eigenvalue weighted by molar-refractivity contribution is 5.93. The number of nitrogens with zero attached hydrogens (tertiary/aromatic N) is 2. The molecular formula is C18H29N3O3. The van der Waals surface area contributed by atoms with Crippen molar-refractivity contribution < 1.29 is 14.1 Å². The lowest BCUT2D eigenvalue weighted by Gasteiger charge is -2.22. The number of carbonyl (C=O) groups is 2. The van der Waals surface area contributed by atoms with Gasteiger partial charge in [0.1, 0.15) is 5.76 Å². The summed E-state index contributed by atoms with van der Waals surface area (Å²) in [7, 11) is 0. The zero-order valence-electron chi connectivity index (χ0n) is 14.8. The monoisotopic (exact) mass is 335 g/mol. The van der Waals surface area contributed by atoms with Crippen molar-refractivity contribution in [1.82, 2.24) is 10.1 Å². The van der Waals surface area contributed by atoms with E-state index in [-0.39, 0.29) is 18.4 Å². The van der Waals surface area contributed by atoms with Gasteiger partial charge in [-0.2, -0.15) is 0 Å². The van der Waals surface area contributed by atoms with Gasteiger partial charge in [0.05, 0.1) is 6.54 Å². The number of anilines is 1. The van der Waals surface area contributed by atoms with E-state index in [1.165, 1.54) is 19.3 Å². The first-order valence-corrected chi connectivity index (χ1v) is 9.09. The van der Waals surface area contributed by atoms with Crippen LogP contribution in [0.3, 0.4) is 0 Å². The van der Waals surface area contributed by atoms with Gasteiger partial charge in [-0.15, -0.1) is 0 Å². The largest absolute Gasteiger partial charge is 0.360 e. The molecule has 0 aliphatic heterocycles. The number of amides is 2.